The third kappa shape index (κ3) is 5.93. The number of methoxy groups -OCH3 is 2. The molecule has 37 heavy (non-hydrogen) atoms. The van der Waals surface area contributed by atoms with Gasteiger partial charge < -0.3 is 25.0 Å². The van der Waals surface area contributed by atoms with Crippen LogP contribution in [-0.4, -0.2) is 62.4 Å². The van der Waals surface area contributed by atoms with Crippen LogP contribution in [0.3, 0.4) is 0 Å². The van der Waals surface area contributed by atoms with Crippen molar-refractivity contribution in [2.45, 2.75) is 6.42 Å². The summed E-state index contributed by atoms with van der Waals surface area (Å²) in [5.74, 6) is 1.08. The van der Waals surface area contributed by atoms with E-state index in [2.05, 4.69) is 39.8 Å². The molecule has 1 heterocycles. The molecule has 0 radical (unpaired) electrons. The maximum absolute atomic E-state index is 12.9. The minimum atomic E-state index is -0.250. The predicted octanol–water partition coefficient (Wildman–Crippen LogP) is 6.17. The van der Waals surface area contributed by atoms with E-state index >= 15 is 0 Å². The Morgan fingerprint density at radius 1 is 1.00 bits per heavy atom. The Bertz CT molecular complexity index is 1380. The summed E-state index contributed by atoms with van der Waals surface area (Å²) in [5, 5.41) is 15.0. The van der Waals surface area contributed by atoms with E-state index in [0.29, 0.717) is 44.0 Å². The fourth-order valence-electron chi connectivity index (χ4n) is 3.96. The monoisotopic (exact) mass is 541 g/mol. The molecule has 3 N–H and O–H groups in total. The van der Waals surface area contributed by atoms with Crippen LogP contribution in [0.1, 0.15) is 16.8 Å². The molecule has 0 aliphatic rings. The van der Waals surface area contributed by atoms with Crippen LogP contribution in [-0.2, 0) is 0 Å². The van der Waals surface area contributed by atoms with Gasteiger partial charge in [0.15, 0.2) is 5.82 Å². The van der Waals surface area contributed by atoms with Crippen molar-refractivity contribution in [1.82, 2.24) is 15.1 Å². The smallest absolute Gasteiger partial charge is 0.256 e. The average Bonchev–Trinajstić information content (AvgIpc) is 3.29. The highest BCUT2D eigenvalue weighted by atomic mass is 35.5. The van der Waals surface area contributed by atoms with Gasteiger partial charge in [0.2, 0.25) is 0 Å². The van der Waals surface area contributed by atoms with Crippen LogP contribution in [0.15, 0.2) is 48.5 Å². The SMILES string of the molecule is COc1cc(OC)c(Cl)c(-c2ccc3c(NC(=O)c4ccc(NCCCN(C)C)cc4)n[nH]c3c2)c1Cl. The highest BCUT2D eigenvalue weighted by Crippen LogP contribution is 2.46. The van der Waals surface area contributed by atoms with Crippen LogP contribution < -0.4 is 20.1 Å². The van der Waals surface area contributed by atoms with E-state index in [1.54, 1.807) is 18.2 Å². The third-order valence-electron chi connectivity index (χ3n) is 5.92. The molecular weight excluding hydrogens is 513 g/mol. The molecule has 0 unspecified atom stereocenters. The molecule has 194 valence electrons. The number of carbonyl (C=O) groups is 1. The van der Waals surface area contributed by atoms with Gasteiger partial charge in [-0.1, -0.05) is 29.3 Å². The molecule has 0 aliphatic heterocycles. The number of aromatic nitrogens is 2. The molecule has 8 nitrogen and oxygen atoms in total. The molecule has 4 aromatic rings. The molecule has 1 amide bonds. The minimum Gasteiger partial charge on any atom is -0.495 e. The van der Waals surface area contributed by atoms with Crippen molar-refractivity contribution in [1.29, 1.82) is 0 Å². The number of rotatable bonds is 10. The number of carbonyl (C=O) groups excluding carboxylic acids is 1. The molecule has 0 saturated heterocycles. The van der Waals surface area contributed by atoms with E-state index < -0.39 is 0 Å². The summed E-state index contributed by atoms with van der Waals surface area (Å²) < 4.78 is 10.8. The maximum atomic E-state index is 12.9. The molecule has 0 bridgehead atoms. The highest BCUT2D eigenvalue weighted by Gasteiger charge is 2.20. The number of hydrogen-bond acceptors (Lipinski definition) is 6. The van der Waals surface area contributed by atoms with Crippen LogP contribution in [0.25, 0.3) is 22.0 Å². The Morgan fingerprint density at radius 3 is 2.30 bits per heavy atom. The fourth-order valence-corrected chi connectivity index (χ4v) is 4.68. The lowest BCUT2D eigenvalue weighted by molar-refractivity contribution is 0.102. The van der Waals surface area contributed by atoms with E-state index in [4.69, 9.17) is 32.7 Å². The topological polar surface area (TPSA) is 91.5 Å². The summed E-state index contributed by atoms with van der Waals surface area (Å²) in [5.41, 5.74) is 3.54. The first-order valence-corrected chi connectivity index (χ1v) is 12.5. The van der Waals surface area contributed by atoms with Crippen LogP contribution in [0.4, 0.5) is 11.5 Å². The number of anilines is 2. The number of halogens is 2. The number of aromatic amines is 1. The van der Waals surface area contributed by atoms with E-state index in [0.717, 1.165) is 36.1 Å². The Kier molecular flexibility index (Phi) is 8.43. The summed E-state index contributed by atoms with van der Waals surface area (Å²) >= 11 is 13.2. The van der Waals surface area contributed by atoms with Crippen molar-refractivity contribution in [3.63, 3.8) is 0 Å². The number of nitrogens with one attached hydrogen (secondary N) is 3. The van der Waals surface area contributed by atoms with Gasteiger partial charge in [-0.05, 0) is 69.0 Å². The summed E-state index contributed by atoms with van der Waals surface area (Å²) in [6.45, 7) is 1.88. The zero-order valence-corrected chi connectivity index (χ0v) is 22.6. The first kappa shape index (κ1) is 26.6. The van der Waals surface area contributed by atoms with E-state index in [-0.39, 0.29) is 5.91 Å². The number of benzene rings is 3. The van der Waals surface area contributed by atoms with Gasteiger partial charge in [-0.2, -0.15) is 5.10 Å². The van der Waals surface area contributed by atoms with Crippen molar-refractivity contribution in [2.24, 2.45) is 0 Å². The van der Waals surface area contributed by atoms with E-state index in [1.807, 2.05) is 30.3 Å². The van der Waals surface area contributed by atoms with Gasteiger partial charge in [-0.3, -0.25) is 9.89 Å². The molecule has 0 saturated carbocycles. The van der Waals surface area contributed by atoms with Gasteiger partial charge in [-0.15, -0.1) is 0 Å². The first-order valence-electron chi connectivity index (χ1n) is 11.7. The molecule has 0 aliphatic carbocycles. The lowest BCUT2D eigenvalue weighted by atomic mass is 10.0. The first-order chi connectivity index (χ1) is 17.8. The zero-order valence-electron chi connectivity index (χ0n) is 21.1. The molecule has 0 fully saturated rings. The van der Waals surface area contributed by atoms with Gasteiger partial charge in [-0.25, -0.2) is 0 Å². The number of ether oxygens (including phenoxy) is 2. The Labute approximate surface area is 225 Å². The molecule has 3 aromatic carbocycles. The number of nitrogens with zero attached hydrogens (tertiary/aromatic N) is 2. The number of amides is 1. The zero-order chi connectivity index (χ0) is 26.5. The van der Waals surface area contributed by atoms with Gasteiger partial charge >= 0.3 is 0 Å². The largest absolute Gasteiger partial charge is 0.495 e. The fraction of sp³-hybridized carbons (Fsp3) is 0.259. The summed E-state index contributed by atoms with van der Waals surface area (Å²) in [6, 6.07) is 14.6. The Balaban J connectivity index is 1.51. The molecule has 0 atom stereocenters. The van der Waals surface area contributed by atoms with Crippen LogP contribution in [0.2, 0.25) is 10.0 Å². The highest BCUT2D eigenvalue weighted by molar-refractivity contribution is 6.41. The van der Waals surface area contributed by atoms with Crippen molar-refractivity contribution >= 4 is 51.5 Å². The summed E-state index contributed by atoms with van der Waals surface area (Å²) in [7, 11) is 7.17. The number of fused-ring (bicyclic) bond motifs is 1. The standard InChI is InChI=1S/C27H29Cl2N5O3/c1-34(2)13-5-12-30-18-9-6-16(7-10-18)27(35)31-26-19-11-8-17(14-20(19)32-33-26)23-24(28)21(36-3)15-22(37-4)25(23)29/h6-11,14-15,30H,5,12-13H2,1-4H3,(H2,31,32,33,35). The summed E-state index contributed by atoms with van der Waals surface area (Å²) in [6.07, 6.45) is 1.03. The normalized spacial score (nSPS) is 11.1. The quantitative estimate of drug-likeness (QED) is 0.208. The van der Waals surface area contributed by atoms with Crippen molar-refractivity contribution in [3.05, 3.63) is 64.1 Å². The molecule has 0 spiro atoms. The minimum absolute atomic E-state index is 0.250. The average molecular weight is 542 g/mol. The van der Waals surface area contributed by atoms with E-state index in [1.165, 1.54) is 14.2 Å². The maximum Gasteiger partial charge on any atom is 0.256 e. The van der Waals surface area contributed by atoms with Gasteiger partial charge in [0, 0.05) is 34.8 Å². The molecule has 4 rings (SSSR count). The van der Waals surface area contributed by atoms with Crippen LogP contribution >= 0.6 is 23.2 Å². The number of hydrogen-bond donors (Lipinski definition) is 3. The second kappa shape index (κ2) is 11.7. The van der Waals surface area contributed by atoms with Crippen LogP contribution in [0, 0.1) is 0 Å². The second-order valence-corrected chi connectivity index (χ2v) is 9.49. The number of H-pyrrole nitrogens is 1. The van der Waals surface area contributed by atoms with E-state index in [9.17, 15) is 4.79 Å². The van der Waals surface area contributed by atoms with Crippen molar-refractivity contribution < 1.29 is 14.3 Å². The molecule has 1 aromatic heterocycles. The Morgan fingerprint density at radius 2 is 1.68 bits per heavy atom. The molecule has 10 heteroatoms. The lowest BCUT2D eigenvalue weighted by Crippen LogP contribution is -2.16. The lowest BCUT2D eigenvalue weighted by Gasteiger charge is -2.14. The van der Waals surface area contributed by atoms with Gasteiger partial charge in [0.05, 0.1) is 29.8 Å². The molecular formula is C27H29Cl2N5O3. The van der Waals surface area contributed by atoms with Gasteiger partial charge in [0.1, 0.15) is 11.5 Å². The third-order valence-corrected chi connectivity index (χ3v) is 6.67. The van der Waals surface area contributed by atoms with Crippen LogP contribution in [0.5, 0.6) is 11.5 Å². The van der Waals surface area contributed by atoms with Crippen molar-refractivity contribution in [3.8, 4) is 22.6 Å². The van der Waals surface area contributed by atoms with Gasteiger partial charge in [0.25, 0.3) is 5.91 Å². The second-order valence-electron chi connectivity index (χ2n) is 8.73. The van der Waals surface area contributed by atoms with Crippen molar-refractivity contribution in [2.75, 3.05) is 52.0 Å². The Hall–Kier alpha value is -3.46. The summed E-state index contributed by atoms with van der Waals surface area (Å²) in [4.78, 5) is 15.0. The predicted molar refractivity (Wildman–Crippen MR) is 151 cm³/mol.